The highest BCUT2D eigenvalue weighted by Crippen LogP contribution is 2.07. The quantitative estimate of drug-likeness (QED) is 0.423. The number of hydrogen-bond donors (Lipinski definition) is 3. The highest BCUT2D eigenvalue weighted by atomic mass is 16.6. The van der Waals surface area contributed by atoms with Crippen LogP contribution in [0.2, 0.25) is 0 Å². The van der Waals surface area contributed by atoms with Crippen LogP contribution in [0.5, 0.6) is 0 Å². The van der Waals surface area contributed by atoms with Crippen molar-refractivity contribution in [2.24, 2.45) is 0 Å². The highest BCUT2D eigenvalue weighted by Gasteiger charge is 2.10. The fourth-order valence-corrected chi connectivity index (χ4v) is 2.29. The Morgan fingerprint density at radius 3 is 1.40 bits per heavy atom. The van der Waals surface area contributed by atoms with Gasteiger partial charge in [-0.3, -0.25) is 0 Å². The van der Waals surface area contributed by atoms with Gasteiger partial charge in [-0.15, -0.1) is 0 Å². The van der Waals surface area contributed by atoms with Gasteiger partial charge >= 0.3 is 0 Å². The van der Waals surface area contributed by atoms with Crippen LogP contribution in [0.1, 0.15) is 32.1 Å². The van der Waals surface area contributed by atoms with Gasteiger partial charge in [0.1, 0.15) is 0 Å². The maximum absolute atomic E-state index is 8.60. The Kier molecular flexibility index (Phi) is 23.4. The summed E-state index contributed by atoms with van der Waals surface area (Å²) in [4.78, 5) is 0. The van der Waals surface area contributed by atoms with Gasteiger partial charge < -0.3 is 50.0 Å². The third kappa shape index (κ3) is 20.2. The lowest BCUT2D eigenvalue weighted by atomic mass is 10.3. The van der Waals surface area contributed by atoms with E-state index in [1.54, 1.807) is 6.26 Å². The standard InChI is InChI=1S/3C4H8O2.2C4H6O.2H2O/c2*5-4-1-2-6-3-4;5-4-2-1-3-6-4;2*1-2-4-5-3-1;;/h3*4-5H,1-3H2;1,3H,2,4H2;1-2H,3-4H2;2*1H2. The fraction of sp³-hybridized carbons (Fsp3) is 0.800. The molecule has 7 N–H and O–H groups in total. The number of ether oxygens (including phenoxy) is 5. The van der Waals surface area contributed by atoms with Crippen molar-refractivity contribution >= 4 is 0 Å². The van der Waals surface area contributed by atoms with Crippen LogP contribution in [0.3, 0.4) is 0 Å². The summed E-state index contributed by atoms with van der Waals surface area (Å²) in [5.74, 6) is 0. The highest BCUT2D eigenvalue weighted by molar-refractivity contribution is 4.86. The predicted octanol–water partition coefficient (Wildman–Crippen LogP) is -0.506. The molecule has 3 fully saturated rings. The monoisotopic (exact) mass is 440 g/mol. The van der Waals surface area contributed by atoms with Crippen LogP contribution in [0, 0.1) is 0 Å². The second kappa shape index (κ2) is 22.6. The van der Waals surface area contributed by atoms with E-state index < -0.39 is 6.29 Å². The Morgan fingerprint density at radius 1 is 0.667 bits per heavy atom. The van der Waals surface area contributed by atoms with Crippen LogP contribution in [-0.2, 0) is 23.7 Å². The first kappa shape index (κ1) is 31.1. The van der Waals surface area contributed by atoms with Crippen LogP contribution >= 0.6 is 0 Å². The fourth-order valence-electron chi connectivity index (χ4n) is 2.29. The molecule has 10 heteroatoms. The van der Waals surface area contributed by atoms with Gasteiger partial charge in [-0.2, -0.15) is 0 Å². The molecule has 0 radical (unpaired) electrons. The minimum atomic E-state index is -0.454. The second-order valence-electron chi connectivity index (χ2n) is 6.54. The van der Waals surface area contributed by atoms with Gasteiger partial charge in [0.15, 0.2) is 6.29 Å². The van der Waals surface area contributed by atoms with Crippen molar-refractivity contribution in [3.63, 3.8) is 0 Å². The molecule has 0 aromatic heterocycles. The first-order chi connectivity index (χ1) is 13.7. The lowest BCUT2D eigenvalue weighted by molar-refractivity contribution is -0.0589. The molecule has 3 saturated heterocycles. The van der Waals surface area contributed by atoms with Gasteiger partial charge in [0.25, 0.3) is 0 Å². The van der Waals surface area contributed by atoms with Gasteiger partial charge in [-0.25, -0.2) is 0 Å². The molecular weight excluding hydrogens is 400 g/mol. The van der Waals surface area contributed by atoms with Gasteiger partial charge in [0.2, 0.25) is 0 Å². The summed E-state index contributed by atoms with van der Waals surface area (Å²) < 4.78 is 23.9. The predicted molar refractivity (Wildman–Crippen MR) is 111 cm³/mol. The molecule has 3 atom stereocenters. The minimum absolute atomic E-state index is 0. The van der Waals surface area contributed by atoms with Crippen LogP contribution in [-0.4, -0.2) is 97.6 Å². The lowest BCUT2D eigenvalue weighted by Gasteiger charge is -1.93. The largest absolute Gasteiger partial charge is 0.501 e. The molecule has 5 aliphatic rings. The van der Waals surface area contributed by atoms with E-state index in [0.717, 1.165) is 71.7 Å². The zero-order valence-electron chi connectivity index (χ0n) is 17.6. The first-order valence-electron chi connectivity index (χ1n) is 9.99. The first-order valence-corrected chi connectivity index (χ1v) is 9.99. The molecule has 0 aliphatic carbocycles. The van der Waals surface area contributed by atoms with Crippen molar-refractivity contribution in [3.8, 4) is 0 Å². The van der Waals surface area contributed by atoms with E-state index in [1.807, 2.05) is 18.2 Å². The number of hydrogen-bond acceptors (Lipinski definition) is 8. The summed E-state index contributed by atoms with van der Waals surface area (Å²) in [5, 5.41) is 25.7. The van der Waals surface area contributed by atoms with Gasteiger partial charge in [-0.05, 0) is 25.3 Å². The second-order valence-corrected chi connectivity index (χ2v) is 6.54. The molecule has 0 spiro atoms. The molecule has 5 aliphatic heterocycles. The van der Waals surface area contributed by atoms with E-state index in [1.165, 1.54) is 0 Å². The van der Waals surface area contributed by atoms with Crippen molar-refractivity contribution in [3.05, 3.63) is 24.5 Å². The molecule has 0 bridgehead atoms. The van der Waals surface area contributed by atoms with Crippen molar-refractivity contribution in [2.75, 3.05) is 52.9 Å². The molecule has 180 valence electrons. The van der Waals surface area contributed by atoms with Crippen molar-refractivity contribution in [1.29, 1.82) is 0 Å². The molecule has 30 heavy (non-hydrogen) atoms. The van der Waals surface area contributed by atoms with Gasteiger partial charge in [0, 0.05) is 32.7 Å². The van der Waals surface area contributed by atoms with E-state index >= 15 is 0 Å². The van der Waals surface area contributed by atoms with E-state index in [0.29, 0.717) is 13.2 Å². The summed E-state index contributed by atoms with van der Waals surface area (Å²) in [7, 11) is 0. The topological polar surface area (TPSA) is 170 Å². The molecule has 0 amide bonds. The Labute approximate surface area is 178 Å². The molecule has 3 unspecified atom stereocenters. The van der Waals surface area contributed by atoms with Gasteiger partial charge in [-0.1, -0.05) is 12.2 Å². The summed E-state index contributed by atoms with van der Waals surface area (Å²) in [5.41, 5.74) is 0. The van der Waals surface area contributed by atoms with Crippen molar-refractivity contribution in [1.82, 2.24) is 0 Å². The van der Waals surface area contributed by atoms with Crippen LogP contribution < -0.4 is 0 Å². The average molecular weight is 441 g/mol. The molecule has 10 nitrogen and oxygen atoms in total. The minimum Gasteiger partial charge on any atom is -0.501 e. The van der Waals surface area contributed by atoms with Crippen LogP contribution in [0.4, 0.5) is 0 Å². The van der Waals surface area contributed by atoms with E-state index in [-0.39, 0.29) is 23.2 Å². The third-order valence-electron chi connectivity index (χ3n) is 3.91. The number of rotatable bonds is 0. The number of aliphatic hydroxyl groups excluding tert-OH is 3. The SMILES string of the molecule is C1=CCOC1.C1=COCC1.O.O.OC1CCCO1.OC1CCOC1.OC1CCOC1. The lowest BCUT2D eigenvalue weighted by Crippen LogP contribution is -2.02. The van der Waals surface area contributed by atoms with E-state index in [2.05, 4.69) is 0 Å². The summed E-state index contributed by atoms with van der Waals surface area (Å²) in [6.07, 6.45) is 11.5. The van der Waals surface area contributed by atoms with Gasteiger partial charge in [0.05, 0.1) is 51.5 Å². The summed E-state index contributed by atoms with van der Waals surface area (Å²) in [6, 6.07) is 0. The molecule has 5 heterocycles. The Hall–Kier alpha value is -1.08. The molecule has 0 aromatic rings. The Bertz CT molecular complexity index is 326. The van der Waals surface area contributed by atoms with E-state index in [9.17, 15) is 0 Å². The van der Waals surface area contributed by atoms with Crippen LogP contribution in [0.25, 0.3) is 0 Å². The molecule has 5 rings (SSSR count). The van der Waals surface area contributed by atoms with Crippen molar-refractivity contribution < 1.29 is 50.0 Å². The smallest absolute Gasteiger partial charge is 0.154 e. The Balaban J connectivity index is 0. The molecule has 0 saturated carbocycles. The van der Waals surface area contributed by atoms with Crippen molar-refractivity contribution in [2.45, 2.75) is 50.6 Å². The Morgan fingerprint density at radius 2 is 1.27 bits per heavy atom. The normalized spacial score (nSPS) is 27.4. The summed E-state index contributed by atoms with van der Waals surface area (Å²) >= 11 is 0. The maximum Gasteiger partial charge on any atom is 0.154 e. The zero-order valence-corrected chi connectivity index (χ0v) is 17.6. The average Bonchev–Trinajstić information content (AvgIpc) is 3.49. The van der Waals surface area contributed by atoms with Crippen LogP contribution in [0.15, 0.2) is 24.5 Å². The number of aliphatic hydroxyl groups is 3. The van der Waals surface area contributed by atoms with E-state index in [4.69, 9.17) is 39.0 Å². The molecular formula is C20H40O10. The zero-order chi connectivity index (χ0) is 20.3. The maximum atomic E-state index is 8.60. The molecule has 0 aromatic carbocycles. The third-order valence-corrected chi connectivity index (χ3v) is 3.91. The summed E-state index contributed by atoms with van der Waals surface area (Å²) in [6.45, 7) is 5.82.